The molecule has 0 aromatic carbocycles. The third-order valence-corrected chi connectivity index (χ3v) is 4.24. The molecule has 0 bridgehead atoms. The zero-order chi connectivity index (χ0) is 14.7. The van der Waals surface area contributed by atoms with Gasteiger partial charge in [0.25, 0.3) is 0 Å². The molecule has 3 rings (SSSR count). The van der Waals surface area contributed by atoms with E-state index >= 15 is 0 Å². The Balaban J connectivity index is 1.90. The average Bonchev–Trinajstić information content (AvgIpc) is 3.07. The largest absolute Gasteiger partial charge is 0.481 e. The molecule has 0 atom stereocenters. The molecule has 2 aromatic rings. The highest BCUT2D eigenvalue weighted by molar-refractivity contribution is 5.74. The van der Waals surface area contributed by atoms with Gasteiger partial charge in [-0.25, -0.2) is 4.68 Å². The third kappa shape index (κ3) is 2.68. The van der Waals surface area contributed by atoms with Crippen molar-refractivity contribution in [3.63, 3.8) is 0 Å². The first-order valence-electron chi connectivity index (χ1n) is 7.25. The summed E-state index contributed by atoms with van der Waals surface area (Å²) in [5.41, 5.74) is -0.785. The lowest BCUT2D eigenvalue weighted by atomic mass is 9.80. The van der Waals surface area contributed by atoms with Gasteiger partial charge in [0.1, 0.15) is 0 Å². The number of carbonyl (C=O) groups is 1. The van der Waals surface area contributed by atoms with E-state index in [0.29, 0.717) is 24.4 Å². The van der Waals surface area contributed by atoms with Crippen LogP contribution in [0, 0.1) is 5.41 Å². The standard InChI is InChI=1S/C14H18N4O3/c19-13(20)14(7-3-1-2-4-8-14)10-18-12(15-16-17-18)11-6-5-9-21-11/h5-6,9H,1-4,7-8,10H2,(H,19,20). The van der Waals surface area contributed by atoms with Gasteiger partial charge in [-0.2, -0.15) is 0 Å². The van der Waals surface area contributed by atoms with E-state index < -0.39 is 11.4 Å². The van der Waals surface area contributed by atoms with E-state index in [1.807, 2.05) is 0 Å². The summed E-state index contributed by atoms with van der Waals surface area (Å²) in [6.07, 6.45) is 6.94. The number of rotatable bonds is 4. The van der Waals surface area contributed by atoms with Gasteiger partial charge in [-0.15, -0.1) is 5.10 Å². The van der Waals surface area contributed by atoms with E-state index in [4.69, 9.17) is 4.42 Å². The van der Waals surface area contributed by atoms with Crippen LogP contribution in [0.15, 0.2) is 22.8 Å². The topological polar surface area (TPSA) is 94.0 Å². The minimum Gasteiger partial charge on any atom is -0.481 e. The van der Waals surface area contributed by atoms with Gasteiger partial charge in [0.05, 0.1) is 18.2 Å². The maximum Gasteiger partial charge on any atom is 0.311 e. The van der Waals surface area contributed by atoms with Crippen molar-refractivity contribution in [2.75, 3.05) is 0 Å². The lowest BCUT2D eigenvalue weighted by molar-refractivity contribution is -0.151. The van der Waals surface area contributed by atoms with Crippen molar-refractivity contribution in [3.8, 4) is 11.6 Å². The highest BCUT2D eigenvalue weighted by Crippen LogP contribution is 2.37. The Morgan fingerprint density at radius 2 is 2.10 bits per heavy atom. The van der Waals surface area contributed by atoms with Crippen molar-refractivity contribution in [2.24, 2.45) is 5.41 Å². The summed E-state index contributed by atoms with van der Waals surface area (Å²) in [5.74, 6) is 0.268. The summed E-state index contributed by atoms with van der Waals surface area (Å²) in [6.45, 7) is 0.283. The number of nitrogens with zero attached hydrogens (tertiary/aromatic N) is 4. The smallest absolute Gasteiger partial charge is 0.311 e. The number of aromatic nitrogens is 4. The molecule has 0 radical (unpaired) electrons. The average molecular weight is 290 g/mol. The second-order valence-electron chi connectivity index (χ2n) is 5.64. The molecule has 1 fully saturated rings. The molecule has 0 spiro atoms. The Bertz CT molecular complexity index is 598. The fraction of sp³-hybridized carbons (Fsp3) is 0.571. The molecular formula is C14H18N4O3. The van der Waals surface area contributed by atoms with Crippen LogP contribution in [0.4, 0.5) is 0 Å². The molecule has 2 heterocycles. The predicted octanol–water partition coefficient (Wildman–Crippen LogP) is 2.36. The molecule has 0 amide bonds. The highest BCUT2D eigenvalue weighted by atomic mass is 16.4. The van der Waals surface area contributed by atoms with Gasteiger partial charge in [-0.3, -0.25) is 4.79 Å². The first kappa shape index (κ1) is 13.8. The van der Waals surface area contributed by atoms with E-state index in [2.05, 4.69) is 15.5 Å². The van der Waals surface area contributed by atoms with Gasteiger partial charge < -0.3 is 9.52 Å². The molecule has 1 aliphatic rings. The van der Waals surface area contributed by atoms with Crippen LogP contribution < -0.4 is 0 Å². The van der Waals surface area contributed by atoms with Crippen molar-refractivity contribution >= 4 is 5.97 Å². The van der Waals surface area contributed by atoms with Crippen LogP contribution >= 0.6 is 0 Å². The third-order valence-electron chi connectivity index (χ3n) is 4.24. The van der Waals surface area contributed by atoms with Crippen LogP contribution in [0.25, 0.3) is 11.6 Å². The number of hydrogen-bond donors (Lipinski definition) is 1. The van der Waals surface area contributed by atoms with E-state index in [1.165, 1.54) is 0 Å². The summed E-state index contributed by atoms with van der Waals surface area (Å²) in [4.78, 5) is 11.8. The monoisotopic (exact) mass is 290 g/mol. The van der Waals surface area contributed by atoms with E-state index in [-0.39, 0.29) is 6.54 Å². The summed E-state index contributed by atoms with van der Waals surface area (Å²) in [6, 6.07) is 3.52. The Labute approximate surface area is 122 Å². The van der Waals surface area contributed by atoms with Crippen molar-refractivity contribution < 1.29 is 14.3 Å². The number of furan rings is 1. The van der Waals surface area contributed by atoms with Gasteiger partial charge in [-0.1, -0.05) is 25.7 Å². The Morgan fingerprint density at radius 3 is 2.71 bits per heavy atom. The van der Waals surface area contributed by atoms with Crippen LogP contribution in [0.2, 0.25) is 0 Å². The minimum atomic E-state index is -0.785. The van der Waals surface area contributed by atoms with Crippen LogP contribution in [-0.4, -0.2) is 31.3 Å². The number of tetrazole rings is 1. The van der Waals surface area contributed by atoms with Crippen LogP contribution in [-0.2, 0) is 11.3 Å². The molecule has 1 N–H and O–H groups in total. The Kier molecular flexibility index (Phi) is 3.72. The van der Waals surface area contributed by atoms with Crippen molar-refractivity contribution in [3.05, 3.63) is 18.4 Å². The first-order chi connectivity index (χ1) is 10.2. The quantitative estimate of drug-likeness (QED) is 0.869. The van der Waals surface area contributed by atoms with Gasteiger partial charge in [-0.05, 0) is 35.4 Å². The second kappa shape index (κ2) is 5.67. The minimum absolute atomic E-state index is 0.283. The van der Waals surface area contributed by atoms with Gasteiger partial charge in [0.15, 0.2) is 5.76 Å². The van der Waals surface area contributed by atoms with E-state index in [0.717, 1.165) is 25.7 Å². The number of carboxylic acid groups (broad SMARTS) is 1. The lowest BCUT2D eigenvalue weighted by Crippen LogP contribution is -2.35. The highest BCUT2D eigenvalue weighted by Gasteiger charge is 2.40. The summed E-state index contributed by atoms with van der Waals surface area (Å²) in [7, 11) is 0. The molecule has 1 saturated carbocycles. The SMILES string of the molecule is O=C(O)C1(Cn2nnnc2-c2ccco2)CCCCCC1. The predicted molar refractivity (Wildman–Crippen MR) is 73.3 cm³/mol. The van der Waals surface area contributed by atoms with Gasteiger partial charge >= 0.3 is 5.97 Å². The van der Waals surface area contributed by atoms with Crippen LogP contribution in [0.1, 0.15) is 38.5 Å². The zero-order valence-corrected chi connectivity index (χ0v) is 11.7. The summed E-state index contributed by atoms with van der Waals surface area (Å²) in [5, 5.41) is 21.3. The Morgan fingerprint density at radius 1 is 1.33 bits per heavy atom. The normalized spacial score (nSPS) is 18.3. The Hall–Kier alpha value is -2.18. The fourth-order valence-corrected chi connectivity index (χ4v) is 3.03. The molecule has 0 aliphatic heterocycles. The van der Waals surface area contributed by atoms with Crippen molar-refractivity contribution in [2.45, 2.75) is 45.1 Å². The van der Waals surface area contributed by atoms with Crippen LogP contribution in [0.5, 0.6) is 0 Å². The molecule has 1 aliphatic carbocycles. The van der Waals surface area contributed by atoms with Crippen molar-refractivity contribution in [1.29, 1.82) is 0 Å². The lowest BCUT2D eigenvalue weighted by Gasteiger charge is -2.27. The second-order valence-corrected chi connectivity index (χ2v) is 5.64. The molecule has 112 valence electrons. The number of hydrogen-bond acceptors (Lipinski definition) is 5. The van der Waals surface area contributed by atoms with Crippen LogP contribution in [0.3, 0.4) is 0 Å². The zero-order valence-electron chi connectivity index (χ0n) is 11.7. The maximum atomic E-state index is 11.8. The summed E-state index contributed by atoms with van der Waals surface area (Å²) < 4.78 is 6.87. The molecular weight excluding hydrogens is 272 g/mol. The molecule has 7 heteroatoms. The molecule has 0 unspecified atom stereocenters. The van der Waals surface area contributed by atoms with E-state index in [9.17, 15) is 9.90 Å². The summed E-state index contributed by atoms with van der Waals surface area (Å²) >= 11 is 0. The van der Waals surface area contributed by atoms with Gasteiger partial charge in [0.2, 0.25) is 5.82 Å². The number of carboxylic acids is 1. The first-order valence-corrected chi connectivity index (χ1v) is 7.25. The molecule has 2 aromatic heterocycles. The van der Waals surface area contributed by atoms with Crippen molar-refractivity contribution in [1.82, 2.24) is 20.2 Å². The number of aliphatic carboxylic acids is 1. The maximum absolute atomic E-state index is 11.8. The van der Waals surface area contributed by atoms with Gasteiger partial charge in [0, 0.05) is 0 Å². The fourth-order valence-electron chi connectivity index (χ4n) is 3.03. The molecule has 21 heavy (non-hydrogen) atoms. The molecule has 0 saturated heterocycles. The van der Waals surface area contributed by atoms with E-state index in [1.54, 1.807) is 23.1 Å². The molecule has 7 nitrogen and oxygen atoms in total.